The summed E-state index contributed by atoms with van der Waals surface area (Å²) in [6, 6.07) is 20.8. The fourth-order valence-electron chi connectivity index (χ4n) is 3.05. The summed E-state index contributed by atoms with van der Waals surface area (Å²) in [5.74, 6) is -0.250. The molecule has 7 nitrogen and oxygen atoms in total. The fourth-order valence-corrected chi connectivity index (χ4v) is 4.90. The lowest BCUT2D eigenvalue weighted by molar-refractivity contribution is -0.119. The van der Waals surface area contributed by atoms with E-state index in [9.17, 15) is 13.2 Å². The number of aryl methyl sites for hydroxylation is 1. The van der Waals surface area contributed by atoms with E-state index >= 15 is 0 Å². The molecule has 3 rings (SSSR count). The molecule has 0 heterocycles. The predicted molar refractivity (Wildman–Crippen MR) is 133 cm³/mol. The number of rotatable bonds is 9. The van der Waals surface area contributed by atoms with Gasteiger partial charge in [-0.3, -0.25) is 9.10 Å². The van der Waals surface area contributed by atoms with Gasteiger partial charge in [-0.2, -0.15) is 5.10 Å². The zero-order valence-corrected chi connectivity index (χ0v) is 20.2. The van der Waals surface area contributed by atoms with Gasteiger partial charge in [0.25, 0.3) is 15.9 Å². The van der Waals surface area contributed by atoms with E-state index in [1.807, 2.05) is 43.5 Å². The Bertz CT molecular complexity index is 1230. The van der Waals surface area contributed by atoms with E-state index in [1.54, 1.807) is 42.1 Å². The number of nitrogens with zero attached hydrogens (tertiary/aromatic N) is 2. The minimum absolute atomic E-state index is 0.0683. The number of sulfonamides is 1. The maximum atomic E-state index is 13.5. The Morgan fingerprint density at radius 2 is 1.79 bits per heavy atom. The zero-order valence-electron chi connectivity index (χ0n) is 18.6. The first-order chi connectivity index (χ1) is 15.8. The molecule has 0 fully saturated rings. The summed E-state index contributed by atoms with van der Waals surface area (Å²) >= 11 is 1.63. The van der Waals surface area contributed by atoms with Gasteiger partial charge in [-0.05, 0) is 60.7 Å². The highest BCUT2D eigenvalue weighted by Gasteiger charge is 2.29. The molecule has 0 atom stereocenters. The Labute approximate surface area is 198 Å². The van der Waals surface area contributed by atoms with Crippen LogP contribution in [0, 0.1) is 6.92 Å². The highest BCUT2D eigenvalue weighted by atomic mass is 32.2. The van der Waals surface area contributed by atoms with Crippen molar-refractivity contribution in [3.63, 3.8) is 0 Å². The normalized spacial score (nSPS) is 11.4. The molecule has 0 saturated carbocycles. The van der Waals surface area contributed by atoms with Crippen molar-refractivity contribution in [3.8, 4) is 5.75 Å². The van der Waals surface area contributed by atoms with Gasteiger partial charge in [-0.1, -0.05) is 36.4 Å². The van der Waals surface area contributed by atoms with Crippen LogP contribution in [0.25, 0.3) is 0 Å². The zero-order chi connectivity index (χ0) is 23.8. The first-order valence-electron chi connectivity index (χ1n) is 10.0. The summed E-state index contributed by atoms with van der Waals surface area (Å²) in [7, 11) is -2.59. The van der Waals surface area contributed by atoms with Gasteiger partial charge < -0.3 is 4.74 Å². The number of nitrogens with one attached hydrogen (secondary N) is 1. The van der Waals surface area contributed by atoms with Crippen molar-refractivity contribution in [2.45, 2.75) is 16.7 Å². The average molecular weight is 484 g/mol. The lowest BCUT2D eigenvalue weighted by atomic mass is 10.2. The first kappa shape index (κ1) is 24.3. The molecule has 0 unspecified atom stereocenters. The van der Waals surface area contributed by atoms with Crippen LogP contribution in [0.3, 0.4) is 0 Å². The van der Waals surface area contributed by atoms with Crippen LogP contribution >= 0.6 is 11.8 Å². The first-order valence-corrected chi connectivity index (χ1v) is 12.7. The third kappa shape index (κ3) is 6.15. The Balaban J connectivity index is 1.87. The molecule has 0 aliphatic heterocycles. The van der Waals surface area contributed by atoms with E-state index in [1.165, 1.54) is 25.5 Å². The smallest absolute Gasteiger partial charge is 0.264 e. The van der Waals surface area contributed by atoms with Crippen LogP contribution in [-0.2, 0) is 14.8 Å². The molecule has 3 aromatic carbocycles. The second-order valence-corrected chi connectivity index (χ2v) is 9.81. The van der Waals surface area contributed by atoms with Gasteiger partial charge in [0.05, 0.1) is 23.9 Å². The minimum atomic E-state index is -4.05. The van der Waals surface area contributed by atoms with E-state index in [-0.39, 0.29) is 10.6 Å². The molecule has 0 aliphatic rings. The minimum Gasteiger partial charge on any atom is -0.495 e. The summed E-state index contributed by atoms with van der Waals surface area (Å²) < 4.78 is 33.3. The predicted octanol–water partition coefficient (Wildman–Crippen LogP) is 4.07. The van der Waals surface area contributed by atoms with Crippen molar-refractivity contribution in [1.82, 2.24) is 5.43 Å². The number of methoxy groups -OCH3 is 1. The standard InChI is InChI=1S/C24H25N3O4S2/c1-18-9-14-23(31-2)22(15-18)27(33(29,30)21-7-5-4-6-8-21)17-24(28)26-25-16-19-10-12-20(32-3)13-11-19/h4-16H,17H2,1-3H3,(H,26,28)/b25-16-. The van der Waals surface area contributed by atoms with Crippen molar-refractivity contribution >= 4 is 39.6 Å². The number of hydrogen-bond acceptors (Lipinski definition) is 6. The van der Waals surface area contributed by atoms with Crippen LogP contribution in [0.4, 0.5) is 5.69 Å². The second-order valence-electron chi connectivity index (χ2n) is 7.07. The van der Waals surface area contributed by atoms with Crippen molar-refractivity contribution < 1.29 is 17.9 Å². The molecule has 1 amide bonds. The van der Waals surface area contributed by atoms with Gasteiger partial charge in [0.2, 0.25) is 0 Å². The van der Waals surface area contributed by atoms with Gasteiger partial charge in [0.15, 0.2) is 0 Å². The number of carbonyl (C=O) groups excluding carboxylic acids is 1. The second kappa shape index (κ2) is 11.0. The van der Waals surface area contributed by atoms with Crippen molar-refractivity contribution in [3.05, 3.63) is 83.9 Å². The van der Waals surface area contributed by atoms with Crippen molar-refractivity contribution in [2.24, 2.45) is 5.10 Å². The summed E-state index contributed by atoms with van der Waals surface area (Å²) in [5.41, 5.74) is 4.32. The van der Waals surface area contributed by atoms with Crippen molar-refractivity contribution in [2.75, 3.05) is 24.2 Å². The molecule has 33 heavy (non-hydrogen) atoms. The molecule has 0 bridgehead atoms. The molecule has 0 aliphatic carbocycles. The lowest BCUT2D eigenvalue weighted by Crippen LogP contribution is -2.39. The highest BCUT2D eigenvalue weighted by molar-refractivity contribution is 7.98. The summed E-state index contributed by atoms with van der Waals surface area (Å²) in [6.07, 6.45) is 3.49. The molecule has 1 N–H and O–H groups in total. The van der Waals surface area contributed by atoms with Gasteiger partial charge >= 0.3 is 0 Å². The fraction of sp³-hybridized carbons (Fsp3) is 0.167. The Morgan fingerprint density at radius 3 is 2.42 bits per heavy atom. The summed E-state index contributed by atoms with van der Waals surface area (Å²) in [4.78, 5) is 13.9. The van der Waals surface area contributed by atoms with Gasteiger partial charge in [0.1, 0.15) is 12.3 Å². The molecular weight excluding hydrogens is 458 g/mol. The molecule has 3 aromatic rings. The van der Waals surface area contributed by atoms with E-state index in [0.29, 0.717) is 5.75 Å². The van der Waals surface area contributed by atoms with Gasteiger partial charge in [0, 0.05) is 4.90 Å². The molecule has 9 heteroatoms. The maximum Gasteiger partial charge on any atom is 0.264 e. The summed E-state index contributed by atoms with van der Waals surface area (Å²) in [5, 5.41) is 3.97. The molecule has 0 spiro atoms. The topological polar surface area (TPSA) is 88.1 Å². The van der Waals surface area contributed by atoms with E-state index in [2.05, 4.69) is 10.5 Å². The van der Waals surface area contributed by atoms with E-state index in [0.717, 1.165) is 20.3 Å². The number of thioether (sulfide) groups is 1. The molecule has 0 saturated heterocycles. The van der Waals surface area contributed by atoms with E-state index < -0.39 is 22.5 Å². The Hall–Kier alpha value is -3.30. The number of carbonyl (C=O) groups is 1. The lowest BCUT2D eigenvalue weighted by Gasteiger charge is -2.25. The Kier molecular flexibility index (Phi) is 8.13. The van der Waals surface area contributed by atoms with Crippen LogP contribution in [0.15, 0.2) is 87.7 Å². The molecule has 0 aromatic heterocycles. The highest BCUT2D eigenvalue weighted by Crippen LogP contribution is 2.33. The number of amides is 1. The third-order valence-electron chi connectivity index (χ3n) is 4.74. The number of hydrogen-bond donors (Lipinski definition) is 1. The Morgan fingerprint density at radius 1 is 1.09 bits per heavy atom. The van der Waals surface area contributed by atoms with Crippen molar-refractivity contribution in [1.29, 1.82) is 0 Å². The number of hydrazone groups is 1. The quantitative estimate of drug-likeness (QED) is 0.282. The molecule has 0 radical (unpaired) electrons. The largest absolute Gasteiger partial charge is 0.495 e. The monoisotopic (exact) mass is 483 g/mol. The number of ether oxygens (including phenoxy) is 1. The van der Waals surface area contributed by atoms with Gasteiger partial charge in [-0.15, -0.1) is 11.8 Å². The van der Waals surface area contributed by atoms with Crippen LogP contribution in [0.5, 0.6) is 5.75 Å². The van der Waals surface area contributed by atoms with Crippen LogP contribution < -0.4 is 14.5 Å². The summed E-state index contributed by atoms with van der Waals surface area (Å²) in [6.45, 7) is 1.36. The molecule has 172 valence electrons. The van der Waals surface area contributed by atoms with Crippen LogP contribution in [-0.4, -0.2) is 40.4 Å². The van der Waals surface area contributed by atoms with Gasteiger partial charge in [-0.25, -0.2) is 13.8 Å². The number of anilines is 1. The average Bonchev–Trinajstić information content (AvgIpc) is 2.83. The number of benzene rings is 3. The third-order valence-corrected chi connectivity index (χ3v) is 7.26. The SMILES string of the molecule is COc1ccc(C)cc1N(CC(=O)N/N=C\c1ccc(SC)cc1)S(=O)(=O)c1ccccc1. The van der Waals surface area contributed by atoms with Crippen LogP contribution in [0.1, 0.15) is 11.1 Å². The van der Waals surface area contributed by atoms with Crippen LogP contribution in [0.2, 0.25) is 0 Å². The van der Waals surface area contributed by atoms with E-state index in [4.69, 9.17) is 4.74 Å². The molecular formula is C24H25N3O4S2. The maximum absolute atomic E-state index is 13.5.